The number of ether oxygens (including phenoxy) is 1. The second-order valence-electron chi connectivity index (χ2n) is 8.85. The van der Waals surface area contributed by atoms with Crippen LogP contribution in [0.15, 0.2) is 35.5 Å². The topological polar surface area (TPSA) is 161 Å². The summed E-state index contributed by atoms with van der Waals surface area (Å²) in [4.78, 5) is 25.1. The molecule has 0 radical (unpaired) electrons. The van der Waals surface area contributed by atoms with Crippen molar-refractivity contribution in [2.75, 3.05) is 11.1 Å². The molecular weight excluding hydrogens is 503 g/mol. The molecule has 0 saturated heterocycles. The van der Waals surface area contributed by atoms with E-state index in [0.717, 1.165) is 17.4 Å². The minimum atomic E-state index is -4.66. The monoisotopic (exact) mass is 523 g/mol. The Kier molecular flexibility index (Phi) is 5.78. The molecule has 1 fully saturated rings. The Morgan fingerprint density at radius 2 is 2.00 bits per heavy atom. The van der Waals surface area contributed by atoms with Gasteiger partial charge < -0.3 is 30.3 Å². The zero-order valence-corrected chi connectivity index (χ0v) is 20.1. The van der Waals surface area contributed by atoms with E-state index in [-0.39, 0.29) is 51.6 Å². The van der Waals surface area contributed by atoms with E-state index < -0.39 is 17.3 Å². The average molecular weight is 523 g/mol. The second-order valence-corrected chi connectivity index (χ2v) is 8.85. The van der Waals surface area contributed by atoms with E-state index in [1.54, 1.807) is 6.07 Å². The third-order valence-electron chi connectivity index (χ3n) is 6.13. The van der Waals surface area contributed by atoms with E-state index in [9.17, 15) is 23.2 Å². The summed E-state index contributed by atoms with van der Waals surface area (Å²) in [7, 11) is 2.72. The normalized spacial score (nSPS) is 13.4. The van der Waals surface area contributed by atoms with Gasteiger partial charge in [-0.05, 0) is 25.0 Å². The number of nitrogen functional groups attached to an aromatic ring is 1. The highest BCUT2D eigenvalue weighted by atomic mass is 19.4. The number of fused-ring (bicyclic) bond motifs is 1. The van der Waals surface area contributed by atoms with Gasteiger partial charge in [-0.3, -0.25) is 4.79 Å². The molecule has 1 aliphatic carbocycles. The fraction of sp³-hybridized carbons (Fsp3) is 0.250. The number of nitrogens with one attached hydrogen (secondary N) is 2. The van der Waals surface area contributed by atoms with E-state index in [0.29, 0.717) is 23.5 Å². The maximum Gasteiger partial charge on any atom is 0.417 e. The van der Waals surface area contributed by atoms with Crippen LogP contribution < -0.4 is 21.3 Å². The van der Waals surface area contributed by atoms with Crippen LogP contribution >= 0.6 is 0 Å². The zero-order valence-electron chi connectivity index (χ0n) is 20.1. The first-order valence-corrected chi connectivity index (χ1v) is 11.3. The van der Waals surface area contributed by atoms with Gasteiger partial charge in [-0.25, -0.2) is 9.97 Å². The largest absolute Gasteiger partial charge is 0.453 e. The fourth-order valence-corrected chi connectivity index (χ4v) is 3.98. The highest BCUT2D eigenvalue weighted by molar-refractivity contribution is 6.04. The van der Waals surface area contributed by atoms with E-state index >= 15 is 0 Å². The number of imidazole rings is 1. The SMILES string of the molecule is Cn1cc(C(F)(F)F)cc(Nc2nc3ncc(Oc4cnc(N)c(C(=N)C5CC5)c4)c(C#N)c3n2C)c1=O. The standard InChI is InChI=1S/C24H20F3N9O2/c1-35-10-12(24(25,26)27)5-16(22(35)37)33-23-34-21-19(36(23)2)15(7-28)17(9-32-21)38-13-6-14(20(30)31-8-13)18(29)11-3-4-11/h5-6,8-11,29H,3-4H2,1-2H3,(H2,30,31)(H,32,33,34). The van der Waals surface area contributed by atoms with Crippen LogP contribution in [0.5, 0.6) is 11.5 Å². The number of hydrogen-bond acceptors (Lipinski definition) is 9. The quantitative estimate of drug-likeness (QED) is 0.321. The van der Waals surface area contributed by atoms with Crippen LogP contribution in [0.4, 0.5) is 30.6 Å². The van der Waals surface area contributed by atoms with Crippen LogP contribution in [0.3, 0.4) is 0 Å². The molecule has 14 heteroatoms. The number of nitrogens with zero attached hydrogens (tertiary/aromatic N) is 6. The molecule has 5 rings (SSSR count). The van der Waals surface area contributed by atoms with Crippen molar-refractivity contribution in [2.24, 2.45) is 20.0 Å². The van der Waals surface area contributed by atoms with Crippen molar-refractivity contribution in [3.63, 3.8) is 0 Å². The fourth-order valence-electron chi connectivity index (χ4n) is 3.98. The van der Waals surface area contributed by atoms with Crippen LogP contribution in [-0.4, -0.2) is 29.8 Å². The van der Waals surface area contributed by atoms with E-state index in [1.165, 1.54) is 31.1 Å². The smallest absolute Gasteiger partial charge is 0.417 e. The van der Waals surface area contributed by atoms with Gasteiger partial charge in [-0.2, -0.15) is 23.4 Å². The summed E-state index contributed by atoms with van der Waals surface area (Å²) in [6.07, 6.45) is 0.500. The molecule has 1 saturated carbocycles. The van der Waals surface area contributed by atoms with Gasteiger partial charge in [0.15, 0.2) is 11.4 Å². The number of nitriles is 1. The maximum atomic E-state index is 13.3. The number of pyridine rings is 3. The summed E-state index contributed by atoms with van der Waals surface area (Å²) < 4.78 is 47.9. The predicted molar refractivity (Wildman–Crippen MR) is 131 cm³/mol. The van der Waals surface area contributed by atoms with Crippen molar-refractivity contribution in [3.05, 3.63) is 57.8 Å². The number of halogens is 3. The third kappa shape index (κ3) is 4.38. The summed E-state index contributed by atoms with van der Waals surface area (Å²) in [5.41, 5.74) is 5.08. The lowest BCUT2D eigenvalue weighted by molar-refractivity contribution is -0.138. The first-order valence-electron chi connectivity index (χ1n) is 11.3. The predicted octanol–water partition coefficient (Wildman–Crippen LogP) is 3.85. The Labute approximate surface area is 212 Å². The van der Waals surface area contributed by atoms with Crippen LogP contribution in [0.25, 0.3) is 11.2 Å². The molecule has 0 atom stereocenters. The maximum absolute atomic E-state index is 13.3. The van der Waals surface area contributed by atoms with Crippen LogP contribution in [0.1, 0.15) is 29.5 Å². The summed E-state index contributed by atoms with van der Waals surface area (Å²) in [6.45, 7) is 0. The van der Waals surface area contributed by atoms with Crippen molar-refractivity contribution >= 4 is 34.3 Å². The molecule has 4 aromatic rings. The molecule has 1 aliphatic rings. The Balaban J connectivity index is 1.52. The van der Waals surface area contributed by atoms with Gasteiger partial charge in [-0.1, -0.05) is 0 Å². The Morgan fingerprint density at radius 3 is 2.66 bits per heavy atom. The molecule has 0 unspecified atom stereocenters. The van der Waals surface area contributed by atoms with Gasteiger partial charge in [-0.15, -0.1) is 0 Å². The van der Waals surface area contributed by atoms with Crippen molar-refractivity contribution in [1.82, 2.24) is 24.1 Å². The van der Waals surface area contributed by atoms with Crippen LogP contribution in [-0.2, 0) is 20.3 Å². The highest BCUT2D eigenvalue weighted by Crippen LogP contribution is 2.36. The van der Waals surface area contributed by atoms with Gasteiger partial charge in [0.1, 0.15) is 34.4 Å². The highest BCUT2D eigenvalue weighted by Gasteiger charge is 2.32. The number of aromatic nitrogens is 5. The van der Waals surface area contributed by atoms with E-state index in [4.69, 9.17) is 15.9 Å². The first kappa shape index (κ1) is 24.8. The molecule has 4 heterocycles. The lowest BCUT2D eigenvalue weighted by Crippen LogP contribution is -2.23. The lowest BCUT2D eigenvalue weighted by Gasteiger charge is -2.12. The molecule has 4 N–H and O–H groups in total. The molecule has 11 nitrogen and oxygen atoms in total. The van der Waals surface area contributed by atoms with Crippen molar-refractivity contribution in [1.29, 1.82) is 10.7 Å². The molecule has 0 spiro atoms. The number of anilines is 3. The second kappa shape index (κ2) is 8.87. The molecule has 4 aromatic heterocycles. The summed E-state index contributed by atoms with van der Waals surface area (Å²) in [5, 5.41) is 20.9. The van der Waals surface area contributed by atoms with Crippen LogP contribution in [0, 0.1) is 22.7 Å². The number of nitrogens with two attached hydrogens (primary N) is 1. The van der Waals surface area contributed by atoms with Gasteiger partial charge in [0.05, 0.1) is 18.0 Å². The zero-order chi connectivity index (χ0) is 27.4. The number of aryl methyl sites for hydroxylation is 2. The van der Waals surface area contributed by atoms with Crippen LogP contribution in [0.2, 0.25) is 0 Å². The first-order chi connectivity index (χ1) is 18.0. The van der Waals surface area contributed by atoms with Crippen molar-refractivity contribution < 1.29 is 17.9 Å². The third-order valence-corrected chi connectivity index (χ3v) is 6.13. The number of hydrogen-bond donors (Lipinski definition) is 3. The Morgan fingerprint density at radius 1 is 1.26 bits per heavy atom. The molecular formula is C24H20F3N9O2. The van der Waals surface area contributed by atoms with E-state index in [1.807, 2.05) is 6.07 Å². The molecule has 0 amide bonds. The van der Waals surface area contributed by atoms with Crippen molar-refractivity contribution in [3.8, 4) is 17.6 Å². The Bertz CT molecular complexity index is 1710. The van der Waals surface area contributed by atoms with Gasteiger partial charge >= 0.3 is 6.18 Å². The minimum absolute atomic E-state index is 0.00751. The summed E-state index contributed by atoms with van der Waals surface area (Å²) in [6, 6.07) is 4.32. The molecule has 194 valence electrons. The average Bonchev–Trinajstić information content (AvgIpc) is 3.67. The van der Waals surface area contributed by atoms with Gasteiger partial charge in [0, 0.05) is 37.5 Å². The van der Waals surface area contributed by atoms with Gasteiger partial charge in [0.2, 0.25) is 5.95 Å². The minimum Gasteiger partial charge on any atom is -0.453 e. The van der Waals surface area contributed by atoms with Crippen molar-refractivity contribution in [2.45, 2.75) is 19.0 Å². The summed E-state index contributed by atoms with van der Waals surface area (Å²) in [5.74, 6) is 0.639. The molecule has 0 aliphatic heterocycles. The molecule has 0 bridgehead atoms. The Hall–Kier alpha value is -4.93. The van der Waals surface area contributed by atoms with Gasteiger partial charge in [0.25, 0.3) is 5.56 Å². The van der Waals surface area contributed by atoms with E-state index in [2.05, 4.69) is 20.3 Å². The molecule has 38 heavy (non-hydrogen) atoms. The molecule has 0 aromatic carbocycles. The summed E-state index contributed by atoms with van der Waals surface area (Å²) >= 11 is 0. The number of alkyl halides is 3. The lowest BCUT2D eigenvalue weighted by atomic mass is 10.1. The number of rotatable bonds is 6.